The highest BCUT2D eigenvalue weighted by atomic mass is 32.2. The van der Waals surface area contributed by atoms with Gasteiger partial charge in [-0.3, -0.25) is 0 Å². The Kier molecular flexibility index (Phi) is 4.26. The minimum absolute atomic E-state index is 0.0406. The average Bonchev–Trinajstić information content (AvgIpc) is 2.48. The number of hydrogen-bond donors (Lipinski definition) is 1. The molecule has 0 bridgehead atoms. The molecule has 1 aliphatic rings. The molecule has 20 heavy (non-hydrogen) atoms. The van der Waals surface area contributed by atoms with Gasteiger partial charge in [-0.05, 0) is 6.92 Å². The first-order valence-electron chi connectivity index (χ1n) is 6.49. The molecule has 0 spiro atoms. The molecule has 1 N–H and O–H groups in total. The number of rotatable bonds is 3. The van der Waals surface area contributed by atoms with Crippen LogP contribution in [0.3, 0.4) is 0 Å². The number of sulfone groups is 1. The van der Waals surface area contributed by atoms with Crippen LogP contribution in [0.5, 0.6) is 0 Å². The summed E-state index contributed by atoms with van der Waals surface area (Å²) in [4.78, 5) is 10.5. The lowest BCUT2D eigenvalue weighted by atomic mass is 10.1. The Labute approximate surface area is 119 Å². The molecule has 0 aliphatic carbocycles. The third kappa shape index (κ3) is 2.92. The van der Waals surface area contributed by atoms with Gasteiger partial charge >= 0.3 is 0 Å². The first kappa shape index (κ1) is 14.8. The summed E-state index contributed by atoms with van der Waals surface area (Å²) >= 11 is 0. The van der Waals surface area contributed by atoms with Crippen LogP contribution in [0.25, 0.3) is 0 Å². The van der Waals surface area contributed by atoms with Gasteiger partial charge in [-0.1, -0.05) is 12.8 Å². The van der Waals surface area contributed by atoms with Gasteiger partial charge in [-0.25, -0.2) is 18.4 Å². The Morgan fingerprint density at radius 2 is 2.15 bits per heavy atom. The Bertz CT molecular complexity index is 606. The van der Waals surface area contributed by atoms with Crippen molar-refractivity contribution in [1.29, 1.82) is 0 Å². The quantitative estimate of drug-likeness (QED) is 0.795. The Balaban J connectivity index is 2.23. The van der Waals surface area contributed by atoms with E-state index in [-0.39, 0.29) is 22.7 Å². The number of nitrogens with zero attached hydrogens (tertiary/aromatic N) is 3. The van der Waals surface area contributed by atoms with Crippen molar-refractivity contribution in [2.45, 2.75) is 30.8 Å². The monoisotopic (exact) mass is 294 g/mol. The number of nitrogens with one attached hydrogen (secondary N) is 1. The van der Waals surface area contributed by atoms with Crippen molar-refractivity contribution in [1.82, 2.24) is 15.3 Å². The third-order valence-electron chi connectivity index (χ3n) is 3.38. The molecule has 0 amide bonds. The van der Waals surface area contributed by atoms with E-state index >= 15 is 0 Å². The van der Waals surface area contributed by atoms with E-state index in [1.54, 1.807) is 6.92 Å². The average molecular weight is 294 g/mol. The summed E-state index contributed by atoms with van der Waals surface area (Å²) in [6.07, 6.45) is 8.15. The highest BCUT2D eigenvalue weighted by Crippen LogP contribution is 2.16. The summed E-state index contributed by atoms with van der Waals surface area (Å²) in [6, 6.07) is 0.155. The molecular formula is C13H18N4O2S. The van der Waals surface area contributed by atoms with Gasteiger partial charge in [0.15, 0.2) is 9.84 Å². The molecule has 1 aliphatic heterocycles. The van der Waals surface area contributed by atoms with E-state index in [0.717, 1.165) is 6.54 Å². The molecule has 2 heterocycles. The molecule has 0 unspecified atom stereocenters. The van der Waals surface area contributed by atoms with E-state index in [9.17, 15) is 8.42 Å². The topological polar surface area (TPSA) is 75.2 Å². The second-order valence-electron chi connectivity index (χ2n) is 4.75. The molecule has 1 saturated heterocycles. The first-order valence-corrected chi connectivity index (χ1v) is 8.14. The maximum Gasteiger partial charge on any atom is 0.225 e. The fourth-order valence-electron chi connectivity index (χ4n) is 2.04. The van der Waals surface area contributed by atoms with Crippen LogP contribution in [0, 0.1) is 12.3 Å². The van der Waals surface area contributed by atoms with Gasteiger partial charge in [0.2, 0.25) is 5.95 Å². The molecule has 2 atom stereocenters. The van der Waals surface area contributed by atoms with E-state index < -0.39 is 9.84 Å². The van der Waals surface area contributed by atoms with Crippen LogP contribution >= 0.6 is 0 Å². The van der Waals surface area contributed by atoms with Crippen molar-refractivity contribution < 1.29 is 8.42 Å². The van der Waals surface area contributed by atoms with Gasteiger partial charge in [0.25, 0.3) is 0 Å². The summed E-state index contributed by atoms with van der Waals surface area (Å²) < 4.78 is 23.4. The fraction of sp³-hybridized carbons (Fsp3) is 0.538. The molecule has 1 aromatic rings. The smallest absolute Gasteiger partial charge is 0.225 e. The zero-order chi connectivity index (χ0) is 14.8. The summed E-state index contributed by atoms with van der Waals surface area (Å²) in [7, 11) is -3.26. The molecule has 7 heteroatoms. The van der Waals surface area contributed by atoms with E-state index in [1.807, 2.05) is 11.8 Å². The number of aromatic nitrogens is 2. The largest absolute Gasteiger partial charge is 0.334 e. The molecule has 1 fully saturated rings. The van der Waals surface area contributed by atoms with Crippen molar-refractivity contribution in [3.8, 4) is 12.3 Å². The zero-order valence-corrected chi connectivity index (χ0v) is 12.4. The Hall–Kier alpha value is -1.65. The van der Waals surface area contributed by atoms with E-state index in [2.05, 4.69) is 21.2 Å². The predicted octanol–water partition coefficient (Wildman–Crippen LogP) is 0.0701. The summed E-state index contributed by atoms with van der Waals surface area (Å²) in [5.74, 6) is 3.21. The number of hydrogen-bond acceptors (Lipinski definition) is 6. The van der Waals surface area contributed by atoms with Crippen LogP contribution in [-0.2, 0) is 9.84 Å². The van der Waals surface area contributed by atoms with Gasteiger partial charge in [0, 0.05) is 19.1 Å². The van der Waals surface area contributed by atoms with Crippen molar-refractivity contribution in [3.05, 3.63) is 12.4 Å². The molecule has 1 aromatic heterocycles. The van der Waals surface area contributed by atoms with E-state index in [4.69, 9.17) is 6.42 Å². The standard InChI is InChI=1S/C13H18N4O2S/c1-4-11-9-17(10(3)6-14-11)13-15-7-12(8-16-13)20(18,19)5-2/h1,7-8,10-11,14H,5-6,9H2,2-3H3/t10-,11+/m0/s1. The van der Waals surface area contributed by atoms with Gasteiger partial charge in [0.1, 0.15) is 4.90 Å². The number of terminal acetylenes is 1. The summed E-state index contributed by atoms with van der Waals surface area (Å²) in [5, 5.41) is 3.23. The molecule has 6 nitrogen and oxygen atoms in total. The van der Waals surface area contributed by atoms with Crippen molar-refractivity contribution in [2.24, 2.45) is 0 Å². The lowest BCUT2D eigenvalue weighted by Gasteiger charge is -2.36. The second-order valence-corrected chi connectivity index (χ2v) is 7.03. The van der Waals surface area contributed by atoms with E-state index in [0.29, 0.717) is 12.5 Å². The highest BCUT2D eigenvalue weighted by Gasteiger charge is 2.26. The van der Waals surface area contributed by atoms with Gasteiger partial charge in [-0.2, -0.15) is 0 Å². The number of piperazine rings is 1. The molecule has 108 valence electrons. The highest BCUT2D eigenvalue weighted by molar-refractivity contribution is 7.91. The minimum atomic E-state index is -3.26. The molecule has 0 radical (unpaired) electrons. The van der Waals surface area contributed by atoms with Crippen LogP contribution in [0.2, 0.25) is 0 Å². The lowest BCUT2D eigenvalue weighted by Crippen LogP contribution is -2.55. The molecule has 2 rings (SSSR count). The van der Waals surface area contributed by atoms with E-state index in [1.165, 1.54) is 12.4 Å². The summed E-state index contributed by atoms with van der Waals surface area (Å²) in [5.41, 5.74) is 0. The Morgan fingerprint density at radius 1 is 1.50 bits per heavy atom. The predicted molar refractivity (Wildman–Crippen MR) is 77.2 cm³/mol. The number of anilines is 1. The summed E-state index contributed by atoms with van der Waals surface area (Å²) in [6.45, 7) is 4.99. The SMILES string of the molecule is C#C[C@@H]1CN(c2ncc(S(=O)(=O)CC)cn2)[C@@H](C)CN1. The van der Waals surface area contributed by atoms with Gasteiger partial charge < -0.3 is 10.2 Å². The third-order valence-corrected chi connectivity index (χ3v) is 5.07. The van der Waals surface area contributed by atoms with Crippen molar-refractivity contribution in [2.75, 3.05) is 23.7 Å². The molecular weight excluding hydrogens is 276 g/mol. The van der Waals surface area contributed by atoms with Gasteiger partial charge in [-0.15, -0.1) is 6.42 Å². The normalized spacial score (nSPS) is 23.4. The van der Waals surface area contributed by atoms with Crippen LogP contribution in [0.1, 0.15) is 13.8 Å². The van der Waals surface area contributed by atoms with Gasteiger partial charge in [0.05, 0.1) is 24.2 Å². The molecule has 0 saturated carbocycles. The van der Waals surface area contributed by atoms with Crippen LogP contribution in [0.15, 0.2) is 17.3 Å². The van der Waals surface area contributed by atoms with Crippen molar-refractivity contribution >= 4 is 15.8 Å². The lowest BCUT2D eigenvalue weighted by molar-refractivity contribution is 0.450. The maximum absolute atomic E-state index is 11.7. The first-order chi connectivity index (χ1) is 9.47. The molecule has 0 aromatic carbocycles. The fourth-order valence-corrected chi connectivity index (χ4v) is 2.80. The zero-order valence-electron chi connectivity index (χ0n) is 11.6. The Morgan fingerprint density at radius 3 is 2.70 bits per heavy atom. The van der Waals surface area contributed by atoms with Crippen molar-refractivity contribution in [3.63, 3.8) is 0 Å². The van der Waals surface area contributed by atoms with Crippen LogP contribution in [0.4, 0.5) is 5.95 Å². The second kappa shape index (κ2) is 5.77. The van der Waals surface area contributed by atoms with Crippen LogP contribution in [-0.4, -0.2) is 49.3 Å². The van der Waals surface area contributed by atoms with Crippen LogP contribution < -0.4 is 10.2 Å². The minimum Gasteiger partial charge on any atom is -0.334 e. The maximum atomic E-state index is 11.7.